The van der Waals surface area contributed by atoms with Gasteiger partial charge in [0.1, 0.15) is 0 Å². The molecule has 1 aromatic heterocycles. The molecule has 2 aromatic rings. The molecule has 1 fully saturated rings. The fraction of sp³-hybridized carbons (Fsp3) is 0.520. The molecule has 166 valence electrons. The molecule has 0 saturated carbocycles. The number of amides is 1. The summed E-state index contributed by atoms with van der Waals surface area (Å²) >= 11 is 1.77. The summed E-state index contributed by atoms with van der Waals surface area (Å²) in [7, 11) is 0. The van der Waals surface area contributed by atoms with E-state index in [0.717, 1.165) is 48.5 Å². The zero-order valence-electron chi connectivity index (χ0n) is 18.9. The molecule has 5 nitrogen and oxygen atoms in total. The van der Waals surface area contributed by atoms with Gasteiger partial charge in [-0.05, 0) is 64.5 Å². The monoisotopic (exact) mass is 438 g/mol. The standard InChI is InChI=1S/C25H34N4OS/c1-16(2)19-11-9-18(10-12-19)14-29-15-20(13-23(29)24(30)26-17(3)4)31-25-27-21-7-5-6-8-22(21)28-25/h5-9,17,19-20,23H,1,10-15H2,2-4H3,(H,26,30)(H,27,28)/t19-,20+,23+/m1/s1. The van der Waals surface area contributed by atoms with Gasteiger partial charge >= 0.3 is 0 Å². The summed E-state index contributed by atoms with van der Waals surface area (Å²) in [5.74, 6) is 0.762. The van der Waals surface area contributed by atoms with Crippen LogP contribution in [0, 0.1) is 5.92 Å². The molecule has 2 N–H and O–H groups in total. The Hall–Kier alpha value is -2.05. The molecule has 4 rings (SSSR count). The van der Waals surface area contributed by atoms with Crippen LogP contribution in [-0.2, 0) is 4.79 Å². The quantitative estimate of drug-likeness (QED) is 0.602. The van der Waals surface area contributed by atoms with Gasteiger partial charge in [0.05, 0.1) is 17.1 Å². The summed E-state index contributed by atoms with van der Waals surface area (Å²) in [5, 5.41) is 4.42. The van der Waals surface area contributed by atoms with E-state index in [0.29, 0.717) is 11.2 Å². The number of thioether (sulfide) groups is 1. The average Bonchev–Trinajstić information content (AvgIpc) is 3.31. The maximum absolute atomic E-state index is 13.0. The zero-order valence-corrected chi connectivity index (χ0v) is 19.7. The molecule has 0 bridgehead atoms. The number of hydrogen-bond acceptors (Lipinski definition) is 4. The van der Waals surface area contributed by atoms with E-state index in [4.69, 9.17) is 4.98 Å². The van der Waals surface area contributed by atoms with E-state index in [-0.39, 0.29) is 18.0 Å². The van der Waals surface area contributed by atoms with Crippen molar-refractivity contribution in [3.8, 4) is 0 Å². The number of hydrogen-bond donors (Lipinski definition) is 2. The summed E-state index contributed by atoms with van der Waals surface area (Å²) in [6, 6.07) is 8.20. The minimum atomic E-state index is -0.0796. The molecule has 0 radical (unpaired) electrons. The highest BCUT2D eigenvalue weighted by Gasteiger charge is 2.38. The summed E-state index contributed by atoms with van der Waals surface area (Å²) < 4.78 is 0. The van der Waals surface area contributed by atoms with Crippen LogP contribution in [0.25, 0.3) is 11.0 Å². The van der Waals surface area contributed by atoms with Gasteiger partial charge in [-0.3, -0.25) is 9.69 Å². The van der Waals surface area contributed by atoms with Crippen molar-refractivity contribution in [3.05, 3.63) is 48.1 Å². The highest BCUT2D eigenvalue weighted by atomic mass is 32.2. The van der Waals surface area contributed by atoms with E-state index in [9.17, 15) is 4.79 Å². The number of nitrogens with one attached hydrogen (secondary N) is 2. The molecular formula is C25H34N4OS. The van der Waals surface area contributed by atoms with E-state index in [1.54, 1.807) is 11.8 Å². The summed E-state index contributed by atoms with van der Waals surface area (Å²) in [6.45, 7) is 12.1. The van der Waals surface area contributed by atoms with Crippen molar-refractivity contribution < 1.29 is 4.79 Å². The van der Waals surface area contributed by atoms with Crippen LogP contribution in [0.5, 0.6) is 0 Å². The summed E-state index contributed by atoms with van der Waals surface area (Å²) in [6.07, 6.45) is 6.60. The van der Waals surface area contributed by atoms with Crippen LogP contribution in [0.4, 0.5) is 0 Å². The van der Waals surface area contributed by atoms with Crippen LogP contribution in [0.15, 0.2) is 53.2 Å². The highest BCUT2D eigenvalue weighted by molar-refractivity contribution is 7.99. The third-order valence-electron chi connectivity index (χ3n) is 6.35. The predicted molar refractivity (Wildman–Crippen MR) is 129 cm³/mol. The Morgan fingerprint density at radius 1 is 1.39 bits per heavy atom. The molecule has 31 heavy (non-hydrogen) atoms. The number of carbonyl (C=O) groups excluding carboxylic acids is 1. The molecule has 2 heterocycles. The van der Waals surface area contributed by atoms with Crippen molar-refractivity contribution in [1.82, 2.24) is 20.2 Å². The van der Waals surface area contributed by atoms with Gasteiger partial charge in [-0.1, -0.05) is 47.7 Å². The number of imidazole rings is 1. The number of carbonyl (C=O) groups is 1. The maximum Gasteiger partial charge on any atom is 0.237 e. The van der Waals surface area contributed by atoms with Gasteiger partial charge < -0.3 is 10.3 Å². The Bertz CT molecular complexity index is 946. The Morgan fingerprint density at radius 2 is 2.19 bits per heavy atom. The minimum absolute atomic E-state index is 0.0796. The van der Waals surface area contributed by atoms with Crippen molar-refractivity contribution in [2.45, 2.75) is 68.9 Å². The molecule has 1 amide bonds. The smallest absolute Gasteiger partial charge is 0.237 e. The number of allylic oxidation sites excluding steroid dienone is 2. The normalized spacial score (nSPS) is 24.5. The topological polar surface area (TPSA) is 61.0 Å². The lowest BCUT2D eigenvalue weighted by Crippen LogP contribution is -2.46. The largest absolute Gasteiger partial charge is 0.353 e. The van der Waals surface area contributed by atoms with Gasteiger partial charge in [0.25, 0.3) is 0 Å². The molecule has 1 aliphatic heterocycles. The van der Waals surface area contributed by atoms with Crippen molar-refractivity contribution in [1.29, 1.82) is 0 Å². The Kier molecular flexibility index (Phi) is 6.87. The molecule has 0 unspecified atom stereocenters. The third kappa shape index (κ3) is 5.42. The highest BCUT2D eigenvalue weighted by Crippen LogP contribution is 2.35. The first-order valence-electron chi connectivity index (χ1n) is 11.4. The van der Waals surface area contributed by atoms with Crippen LogP contribution in [0.2, 0.25) is 0 Å². The fourth-order valence-electron chi connectivity index (χ4n) is 4.66. The molecule has 0 spiro atoms. The van der Waals surface area contributed by atoms with Gasteiger partial charge in [-0.25, -0.2) is 4.98 Å². The van der Waals surface area contributed by atoms with Gasteiger partial charge in [-0.15, -0.1) is 0 Å². The number of benzene rings is 1. The number of aromatic nitrogens is 2. The number of rotatable bonds is 7. The summed E-state index contributed by atoms with van der Waals surface area (Å²) in [4.78, 5) is 23.5. The lowest BCUT2D eigenvalue weighted by atomic mass is 9.85. The third-order valence-corrected chi connectivity index (χ3v) is 7.44. The number of para-hydroxylation sites is 2. The minimum Gasteiger partial charge on any atom is -0.353 e. The average molecular weight is 439 g/mol. The Balaban J connectivity index is 1.45. The first-order valence-corrected chi connectivity index (χ1v) is 12.3. The second-order valence-corrected chi connectivity index (χ2v) is 10.6. The van der Waals surface area contributed by atoms with Crippen molar-refractivity contribution >= 4 is 28.7 Å². The molecular weight excluding hydrogens is 404 g/mol. The van der Waals surface area contributed by atoms with Gasteiger partial charge in [0, 0.05) is 24.4 Å². The number of likely N-dealkylation sites (tertiary alicyclic amines) is 1. The van der Waals surface area contributed by atoms with E-state index < -0.39 is 0 Å². The SMILES string of the molecule is C=C(C)[C@@H]1CC=C(CN2C[C@@H](Sc3nc4ccccc4[nH]3)C[C@H]2C(=O)NC(C)C)CC1. The number of H-pyrrole nitrogens is 1. The first-order chi connectivity index (χ1) is 14.9. The molecule has 2 aliphatic rings. The zero-order chi connectivity index (χ0) is 22.0. The lowest BCUT2D eigenvalue weighted by Gasteiger charge is -2.28. The Labute approximate surface area is 189 Å². The van der Waals surface area contributed by atoms with Crippen LogP contribution in [-0.4, -0.2) is 51.2 Å². The molecule has 3 atom stereocenters. The first kappa shape index (κ1) is 22.2. The number of aromatic amines is 1. The van der Waals surface area contributed by atoms with Crippen LogP contribution in [0.1, 0.15) is 46.5 Å². The van der Waals surface area contributed by atoms with E-state index >= 15 is 0 Å². The van der Waals surface area contributed by atoms with Gasteiger partial charge in [0.2, 0.25) is 5.91 Å². The molecule has 1 saturated heterocycles. The van der Waals surface area contributed by atoms with Crippen molar-refractivity contribution in [2.75, 3.05) is 13.1 Å². The van der Waals surface area contributed by atoms with Gasteiger partial charge in [0.15, 0.2) is 5.16 Å². The van der Waals surface area contributed by atoms with Gasteiger partial charge in [-0.2, -0.15) is 0 Å². The van der Waals surface area contributed by atoms with Crippen molar-refractivity contribution in [2.24, 2.45) is 5.92 Å². The number of fused-ring (bicyclic) bond motifs is 1. The Morgan fingerprint density at radius 3 is 2.87 bits per heavy atom. The van der Waals surface area contributed by atoms with Crippen LogP contribution < -0.4 is 5.32 Å². The van der Waals surface area contributed by atoms with E-state index in [1.807, 2.05) is 32.0 Å². The lowest BCUT2D eigenvalue weighted by molar-refractivity contribution is -0.125. The van der Waals surface area contributed by atoms with Crippen LogP contribution >= 0.6 is 11.8 Å². The van der Waals surface area contributed by atoms with E-state index in [2.05, 4.69) is 40.8 Å². The van der Waals surface area contributed by atoms with E-state index in [1.165, 1.54) is 17.6 Å². The molecule has 1 aromatic carbocycles. The second-order valence-electron chi connectivity index (χ2n) is 9.32. The second kappa shape index (κ2) is 9.61. The molecule has 6 heteroatoms. The van der Waals surface area contributed by atoms with Crippen molar-refractivity contribution in [3.63, 3.8) is 0 Å². The predicted octanol–water partition coefficient (Wildman–Crippen LogP) is 4.93. The summed E-state index contributed by atoms with van der Waals surface area (Å²) in [5.41, 5.74) is 4.81. The maximum atomic E-state index is 13.0. The van der Waals surface area contributed by atoms with Crippen LogP contribution in [0.3, 0.4) is 0 Å². The number of nitrogens with zero attached hydrogens (tertiary/aromatic N) is 2. The fourth-order valence-corrected chi connectivity index (χ4v) is 5.84. The molecule has 1 aliphatic carbocycles.